The fourth-order valence-electron chi connectivity index (χ4n) is 1.78. The molecule has 0 aliphatic carbocycles. The summed E-state index contributed by atoms with van der Waals surface area (Å²) in [7, 11) is 3.08. The second-order valence-corrected chi connectivity index (χ2v) is 4.73. The lowest BCUT2D eigenvalue weighted by atomic mass is 10.2. The molecule has 0 bridgehead atoms. The van der Waals surface area contributed by atoms with Crippen LogP contribution in [0, 0.1) is 6.92 Å². The first-order chi connectivity index (χ1) is 10.0. The summed E-state index contributed by atoms with van der Waals surface area (Å²) < 4.78 is 10.3. The zero-order valence-electron chi connectivity index (χ0n) is 11.9. The van der Waals surface area contributed by atoms with Crippen molar-refractivity contribution in [3.05, 3.63) is 46.7 Å². The van der Waals surface area contributed by atoms with Gasteiger partial charge in [0.1, 0.15) is 11.5 Å². The molecule has 110 valence electrons. The molecule has 0 unspecified atom stereocenters. The van der Waals surface area contributed by atoms with Crippen LogP contribution in [0.2, 0.25) is 5.02 Å². The molecular weight excluding hydrogens is 292 g/mol. The molecular formula is C15H15ClN2O3. The van der Waals surface area contributed by atoms with Crippen molar-refractivity contribution in [2.45, 2.75) is 6.92 Å². The first-order valence-electron chi connectivity index (χ1n) is 6.20. The van der Waals surface area contributed by atoms with Crippen molar-refractivity contribution in [2.75, 3.05) is 19.5 Å². The van der Waals surface area contributed by atoms with Gasteiger partial charge in [0.15, 0.2) is 0 Å². The number of halogens is 1. The van der Waals surface area contributed by atoms with Gasteiger partial charge in [-0.25, -0.2) is 0 Å². The highest BCUT2D eigenvalue weighted by atomic mass is 35.5. The second-order valence-electron chi connectivity index (χ2n) is 4.33. The summed E-state index contributed by atoms with van der Waals surface area (Å²) in [5.74, 6) is 0.787. The molecule has 0 saturated heterocycles. The van der Waals surface area contributed by atoms with Crippen molar-refractivity contribution in [3.63, 3.8) is 0 Å². The van der Waals surface area contributed by atoms with Crippen LogP contribution in [0.3, 0.4) is 0 Å². The van der Waals surface area contributed by atoms with Gasteiger partial charge in [-0.15, -0.1) is 0 Å². The van der Waals surface area contributed by atoms with Gasteiger partial charge < -0.3 is 14.8 Å². The molecule has 0 aliphatic heterocycles. The van der Waals surface area contributed by atoms with Crippen LogP contribution >= 0.6 is 11.6 Å². The minimum atomic E-state index is -0.351. The van der Waals surface area contributed by atoms with Gasteiger partial charge in [-0.2, -0.15) is 0 Å². The number of pyridine rings is 1. The van der Waals surface area contributed by atoms with E-state index in [2.05, 4.69) is 10.3 Å². The van der Waals surface area contributed by atoms with Crippen molar-refractivity contribution in [3.8, 4) is 11.5 Å². The predicted octanol–water partition coefficient (Wildman–Crippen LogP) is 3.31. The van der Waals surface area contributed by atoms with E-state index in [0.717, 1.165) is 5.69 Å². The van der Waals surface area contributed by atoms with E-state index in [1.54, 1.807) is 38.3 Å². The van der Waals surface area contributed by atoms with Crippen LogP contribution in [0.1, 0.15) is 16.1 Å². The van der Waals surface area contributed by atoms with Crippen LogP contribution in [-0.4, -0.2) is 25.1 Å². The first kappa shape index (κ1) is 15.1. The lowest BCUT2D eigenvalue weighted by Crippen LogP contribution is -2.13. The van der Waals surface area contributed by atoms with Crippen molar-refractivity contribution in [1.82, 2.24) is 4.98 Å². The number of methoxy groups -OCH3 is 2. The third kappa shape index (κ3) is 3.44. The molecule has 2 rings (SSSR count). The Balaban J connectivity index is 2.27. The number of aryl methyl sites for hydroxylation is 1. The molecule has 0 fully saturated rings. The maximum Gasteiger partial charge on any atom is 0.258 e. The van der Waals surface area contributed by atoms with Crippen LogP contribution in [0.5, 0.6) is 11.5 Å². The topological polar surface area (TPSA) is 60.5 Å². The van der Waals surface area contributed by atoms with E-state index in [4.69, 9.17) is 21.1 Å². The number of nitrogens with zero attached hydrogens (tertiary/aromatic N) is 1. The van der Waals surface area contributed by atoms with E-state index in [0.29, 0.717) is 27.8 Å². The van der Waals surface area contributed by atoms with Crippen LogP contribution in [-0.2, 0) is 0 Å². The smallest absolute Gasteiger partial charge is 0.258 e. The van der Waals surface area contributed by atoms with Crippen molar-refractivity contribution >= 4 is 23.2 Å². The van der Waals surface area contributed by atoms with Gasteiger partial charge in [0.2, 0.25) is 0 Å². The van der Waals surface area contributed by atoms with Crippen LogP contribution in [0.4, 0.5) is 5.69 Å². The van der Waals surface area contributed by atoms with E-state index >= 15 is 0 Å². The van der Waals surface area contributed by atoms with Crippen molar-refractivity contribution < 1.29 is 14.3 Å². The number of benzene rings is 1. The fourth-order valence-corrected chi connectivity index (χ4v) is 2.08. The average Bonchev–Trinajstić information content (AvgIpc) is 2.47. The van der Waals surface area contributed by atoms with E-state index in [-0.39, 0.29) is 5.91 Å². The molecule has 2 aromatic rings. The van der Waals surface area contributed by atoms with Crippen LogP contribution in [0.15, 0.2) is 30.5 Å². The number of nitrogens with one attached hydrogen (secondary N) is 1. The molecule has 1 heterocycles. The number of anilines is 1. The number of ether oxygens (including phenoxy) is 2. The molecule has 0 aliphatic rings. The highest BCUT2D eigenvalue weighted by Crippen LogP contribution is 2.29. The Morgan fingerprint density at radius 2 is 2.00 bits per heavy atom. The zero-order valence-corrected chi connectivity index (χ0v) is 12.7. The minimum Gasteiger partial charge on any atom is -0.497 e. The van der Waals surface area contributed by atoms with E-state index in [9.17, 15) is 4.79 Å². The van der Waals surface area contributed by atoms with Crippen molar-refractivity contribution in [1.29, 1.82) is 0 Å². The van der Waals surface area contributed by atoms with Gasteiger partial charge in [-0.05, 0) is 25.1 Å². The fraction of sp³-hybridized carbons (Fsp3) is 0.200. The van der Waals surface area contributed by atoms with Gasteiger partial charge in [-0.3, -0.25) is 9.78 Å². The number of hydrogen-bond acceptors (Lipinski definition) is 4. The Hall–Kier alpha value is -2.27. The average molecular weight is 307 g/mol. The van der Waals surface area contributed by atoms with E-state index in [1.165, 1.54) is 13.3 Å². The molecule has 21 heavy (non-hydrogen) atoms. The Morgan fingerprint density at radius 1 is 1.24 bits per heavy atom. The Morgan fingerprint density at radius 3 is 2.62 bits per heavy atom. The SMILES string of the molecule is COc1ccc(NC(=O)c2cnc(C)cc2Cl)c(OC)c1. The maximum absolute atomic E-state index is 12.2. The summed E-state index contributed by atoms with van der Waals surface area (Å²) in [5.41, 5.74) is 1.58. The molecule has 0 radical (unpaired) electrons. The Labute approximate surface area is 127 Å². The summed E-state index contributed by atoms with van der Waals surface area (Å²) >= 11 is 6.06. The maximum atomic E-state index is 12.2. The lowest BCUT2D eigenvalue weighted by Gasteiger charge is -2.12. The quantitative estimate of drug-likeness (QED) is 0.941. The van der Waals surface area contributed by atoms with E-state index in [1.807, 2.05) is 0 Å². The molecule has 0 spiro atoms. The van der Waals surface area contributed by atoms with Gasteiger partial charge >= 0.3 is 0 Å². The molecule has 1 aromatic heterocycles. The highest BCUT2D eigenvalue weighted by molar-refractivity contribution is 6.34. The standard InChI is InChI=1S/C15H15ClN2O3/c1-9-6-12(16)11(8-17-9)15(19)18-13-5-4-10(20-2)7-14(13)21-3/h4-8H,1-3H3,(H,18,19). The van der Waals surface area contributed by atoms with Gasteiger partial charge in [0.05, 0.1) is 30.5 Å². The number of amides is 1. The summed E-state index contributed by atoms with van der Waals surface area (Å²) in [6.07, 6.45) is 1.45. The van der Waals surface area contributed by atoms with Gasteiger partial charge in [-0.1, -0.05) is 11.6 Å². The number of hydrogen-bond donors (Lipinski definition) is 1. The number of carbonyl (C=O) groups excluding carboxylic acids is 1. The lowest BCUT2D eigenvalue weighted by molar-refractivity contribution is 0.102. The van der Waals surface area contributed by atoms with Gasteiger partial charge in [0.25, 0.3) is 5.91 Å². The molecule has 0 atom stereocenters. The highest BCUT2D eigenvalue weighted by Gasteiger charge is 2.14. The number of carbonyl (C=O) groups is 1. The summed E-state index contributed by atoms with van der Waals surface area (Å²) in [6.45, 7) is 1.81. The number of rotatable bonds is 4. The van der Waals surface area contributed by atoms with Crippen LogP contribution in [0.25, 0.3) is 0 Å². The van der Waals surface area contributed by atoms with Crippen LogP contribution < -0.4 is 14.8 Å². The second kappa shape index (κ2) is 6.45. The normalized spacial score (nSPS) is 10.1. The summed E-state index contributed by atoms with van der Waals surface area (Å²) in [5, 5.41) is 3.10. The molecule has 1 amide bonds. The molecule has 1 aromatic carbocycles. The first-order valence-corrected chi connectivity index (χ1v) is 6.58. The summed E-state index contributed by atoms with van der Waals surface area (Å²) in [6, 6.07) is 6.75. The minimum absolute atomic E-state index is 0.306. The molecule has 5 nitrogen and oxygen atoms in total. The monoisotopic (exact) mass is 306 g/mol. The molecule has 1 N–H and O–H groups in total. The van der Waals surface area contributed by atoms with Gasteiger partial charge in [0, 0.05) is 18.0 Å². The Bertz CT molecular complexity index is 674. The third-order valence-corrected chi connectivity index (χ3v) is 3.20. The molecule has 0 saturated carbocycles. The Kier molecular flexibility index (Phi) is 4.65. The van der Waals surface area contributed by atoms with E-state index < -0.39 is 0 Å². The predicted molar refractivity (Wildman–Crippen MR) is 81.5 cm³/mol. The zero-order chi connectivity index (χ0) is 15.4. The van der Waals surface area contributed by atoms with Crippen molar-refractivity contribution in [2.24, 2.45) is 0 Å². The molecule has 6 heteroatoms. The number of aromatic nitrogens is 1. The largest absolute Gasteiger partial charge is 0.497 e. The third-order valence-electron chi connectivity index (χ3n) is 2.89. The summed E-state index contributed by atoms with van der Waals surface area (Å²) in [4.78, 5) is 16.3.